The molecule has 2 N–H and O–H groups in total. The summed E-state index contributed by atoms with van der Waals surface area (Å²) in [5, 5.41) is 0. The monoisotopic (exact) mass is 262 g/mol. The van der Waals surface area contributed by atoms with Crippen molar-refractivity contribution in [2.45, 2.75) is 58.4 Å². The quantitative estimate of drug-likeness (QED) is 0.828. The summed E-state index contributed by atoms with van der Waals surface area (Å²) < 4.78 is 0. The van der Waals surface area contributed by atoms with E-state index in [2.05, 4.69) is 18.7 Å². The molecule has 1 aliphatic rings. The lowest BCUT2D eigenvalue weighted by molar-refractivity contribution is -0.134. The lowest BCUT2D eigenvalue weighted by atomic mass is 9.94. The van der Waals surface area contributed by atoms with Crippen molar-refractivity contribution in [1.82, 2.24) is 4.90 Å². The number of nitrogens with two attached hydrogens (primary N) is 1. The number of amides is 1. The number of piperidine rings is 1. The third-order valence-corrected chi connectivity index (χ3v) is 3.38. The van der Waals surface area contributed by atoms with Crippen molar-refractivity contribution < 1.29 is 4.79 Å². The van der Waals surface area contributed by atoms with Gasteiger partial charge in [0.2, 0.25) is 5.91 Å². The van der Waals surface area contributed by atoms with E-state index in [0.29, 0.717) is 19.0 Å². The molecule has 1 aliphatic heterocycles. The van der Waals surface area contributed by atoms with Crippen LogP contribution in [0.4, 0.5) is 0 Å². The normalized spacial score (nSPS) is 20.2. The van der Waals surface area contributed by atoms with Crippen LogP contribution in [-0.4, -0.2) is 29.9 Å². The Kier molecular flexibility index (Phi) is 8.61. The Bertz CT molecular complexity index is 221. The number of carbonyl (C=O) groups excluding carboxylic acids is 1. The molecule has 1 fully saturated rings. The molecule has 0 aromatic carbocycles. The van der Waals surface area contributed by atoms with Crippen molar-refractivity contribution in [2.24, 2.45) is 11.7 Å². The molecule has 1 rings (SSSR count). The highest BCUT2D eigenvalue weighted by Gasteiger charge is 2.25. The van der Waals surface area contributed by atoms with E-state index in [4.69, 9.17) is 5.73 Å². The van der Waals surface area contributed by atoms with Gasteiger partial charge in [0, 0.05) is 25.6 Å². The van der Waals surface area contributed by atoms with Gasteiger partial charge in [-0.2, -0.15) is 0 Å². The molecule has 0 radical (unpaired) electrons. The van der Waals surface area contributed by atoms with Gasteiger partial charge in [0.15, 0.2) is 0 Å². The first-order valence-corrected chi connectivity index (χ1v) is 6.64. The Morgan fingerprint density at radius 3 is 2.71 bits per heavy atom. The van der Waals surface area contributed by atoms with Gasteiger partial charge < -0.3 is 10.6 Å². The van der Waals surface area contributed by atoms with Crippen LogP contribution in [-0.2, 0) is 4.79 Å². The fourth-order valence-corrected chi connectivity index (χ4v) is 2.42. The molecule has 0 aliphatic carbocycles. The minimum absolute atomic E-state index is 0. The molecule has 0 saturated carbocycles. The van der Waals surface area contributed by atoms with Gasteiger partial charge >= 0.3 is 0 Å². The van der Waals surface area contributed by atoms with Gasteiger partial charge in [-0.3, -0.25) is 4.79 Å². The maximum atomic E-state index is 11.9. The van der Waals surface area contributed by atoms with E-state index >= 15 is 0 Å². The average Bonchev–Trinajstić information content (AvgIpc) is 2.27. The van der Waals surface area contributed by atoms with E-state index in [1.165, 1.54) is 19.3 Å². The van der Waals surface area contributed by atoms with Crippen LogP contribution >= 0.6 is 12.4 Å². The van der Waals surface area contributed by atoms with Crippen molar-refractivity contribution in [3.8, 4) is 0 Å². The third kappa shape index (κ3) is 5.73. The second-order valence-corrected chi connectivity index (χ2v) is 5.25. The van der Waals surface area contributed by atoms with Crippen LogP contribution in [0, 0.1) is 5.92 Å². The van der Waals surface area contributed by atoms with Gasteiger partial charge in [-0.15, -0.1) is 12.4 Å². The van der Waals surface area contributed by atoms with Gasteiger partial charge in [0.05, 0.1) is 0 Å². The number of hydrogen-bond acceptors (Lipinski definition) is 2. The van der Waals surface area contributed by atoms with E-state index in [-0.39, 0.29) is 18.3 Å². The fraction of sp³-hybridized carbons (Fsp3) is 0.923. The molecule has 0 bridgehead atoms. The highest BCUT2D eigenvalue weighted by molar-refractivity contribution is 5.85. The molecule has 0 spiro atoms. The van der Waals surface area contributed by atoms with Gasteiger partial charge in [0.25, 0.3) is 0 Å². The predicted octanol–water partition coefficient (Wildman–Crippen LogP) is 2.57. The lowest BCUT2D eigenvalue weighted by Crippen LogP contribution is -2.44. The van der Waals surface area contributed by atoms with E-state index < -0.39 is 0 Å². The van der Waals surface area contributed by atoms with Crippen molar-refractivity contribution in [2.75, 3.05) is 13.1 Å². The second-order valence-electron chi connectivity index (χ2n) is 5.25. The molecular formula is C13H27ClN2O. The Hall–Kier alpha value is -0.280. The minimum atomic E-state index is 0. The fourth-order valence-electron chi connectivity index (χ4n) is 2.42. The van der Waals surface area contributed by atoms with Gasteiger partial charge in [0.1, 0.15) is 0 Å². The molecule has 1 unspecified atom stereocenters. The van der Waals surface area contributed by atoms with Crippen molar-refractivity contribution >= 4 is 18.3 Å². The number of rotatable bonds is 5. The largest absolute Gasteiger partial charge is 0.340 e. The number of hydrogen-bond donors (Lipinski definition) is 1. The van der Waals surface area contributed by atoms with Crippen LogP contribution in [0.5, 0.6) is 0 Å². The first-order chi connectivity index (χ1) is 7.65. The van der Waals surface area contributed by atoms with Crippen LogP contribution in [0.1, 0.15) is 52.4 Å². The summed E-state index contributed by atoms with van der Waals surface area (Å²) in [6.45, 7) is 5.91. The Balaban J connectivity index is 0.00000256. The summed E-state index contributed by atoms with van der Waals surface area (Å²) >= 11 is 0. The molecule has 3 nitrogen and oxygen atoms in total. The SMILES string of the molecule is CC(C)CCC1CCCCN1C(=O)CCN.Cl. The standard InChI is InChI=1S/C13H26N2O.ClH/c1-11(2)6-7-12-5-3-4-10-15(12)13(16)8-9-14;/h11-12H,3-10,14H2,1-2H3;1H. The summed E-state index contributed by atoms with van der Waals surface area (Å²) in [5.41, 5.74) is 5.46. The van der Waals surface area contributed by atoms with Crippen LogP contribution in [0.2, 0.25) is 0 Å². The molecule has 0 aromatic rings. The van der Waals surface area contributed by atoms with Crippen molar-refractivity contribution in [3.05, 3.63) is 0 Å². The van der Waals surface area contributed by atoms with E-state index in [1.807, 2.05) is 0 Å². The van der Waals surface area contributed by atoms with Gasteiger partial charge in [-0.05, 0) is 38.0 Å². The van der Waals surface area contributed by atoms with E-state index in [9.17, 15) is 4.79 Å². The molecule has 4 heteroatoms. The molecule has 1 heterocycles. The molecule has 0 aromatic heterocycles. The summed E-state index contributed by atoms with van der Waals surface area (Å²) in [6.07, 6.45) is 6.51. The summed E-state index contributed by atoms with van der Waals surface area (Å²) in [6, 6.07) is 0.482. The molecule has 1 atom stereocenters. The number of halogens is 1. The van der Waals surface area contributed by atoms with Crippen molar-refractivity contribution in [1.29, 1.82) is 0 Å². The zero-order chi connectivity index (χ0) is 12.0. The highest BCUT2D eigenvalue weighted by Crippen LogP contribution is 2.23. The summed E-state index contributed by atoms with van der Waals surface area (Å²) in [4.78, 5) is 14.0. The molecule has 1 amide bonds. The first kappa shape index (κ1) is 16.7. The Labute approximate surface area is 112 Å². The number of nitrogens with zero attached hydrogens (tertiary/aromatic N) is 1. The van der Waals surface area contributed by atoms with Gasteiger partial charge in [-0.25, -0.2) is 0 Å². The topological polar surface area (TPSA) is 46.3 Å². The number of carbonyl (C=O) groups is 1. The molecule has 17 heavy (non-hydrogen) atoms. The van der Waals surface area contributed by atoms with Crippen LogP contribution in [0.3, 0.4) is 0 Å². The Morgan fingerprint density at radius 1 is 1.41 bits per heavy atom. The van der Waals surface area contributed by atoms with Crippen LogP contribution < -0.4 is 5.73 Å². The Morgan fingerprint density at radius 2 is 2.12 bits per heavy atom. The van der Waals surface area contributed by atoms with Crippen LogP contribution in [0.15, 0.2) is 0 Å². The highest BCUT2D eigenvalue weighted by atomic mass is 35.5. The molecule has 1 saturated heterocycles. The summed E-state index contributed by atoms with van der Waals surface area (Å²) in [5.74, 6) is 0.990. The van der Waals surface area contributed by atoms with Gasteiger partial charge in [-0.1, -0.05) is 13.8 Å². The maximum Gasteiger partial charge on any atom is 0.224 e. The zero-order valence-corrected chi connectivity index (χ0v) is 12.0. The zero-order valence-electron chi connectivity index (χ0n) is 11.2. The van der Waals surface area contributed by atoms with Crippen molar-refractivity contribution in [3.63, 3.8) is 0 Å². The maximum absolute atomic E-state index is 11.9. The van der Waals surface area contributed by atoms with E-state index in [1.54, 1.807) is 0 Å². The predicted molar refractivity (Wildman–Crippen MR) is 74.3 cm³/mol. The second kappa shape index (κ2) is 8.76. The third-order valence-electron chi connectivity index (χ3n) is 3.38. The molecule has 102 valence electrons. The van der Waals surface area contributed by atoms with E-state index in [0.717, 1.165) is 25.3 Å². The van der Waals surface area contributed by atoms with Crippen LogP contribution in [0.25, 0.3) is 0 Å². The number of likely N-dealkylation sites (tertiary alicyclic amines) is 1. The molecular weight excluding hydrogens is 236 g/mol. The smallest absolute Gasteiger partial charge is 0.224 e. The average molecular weight is 263 g/mol. The first-order valence-electron chi connectivity index (χ1n) is 6.64. The summed E-state index contributed by atoms with van der Waals surface area (Å²) in [7, 11) is 0. The minimum Gasteiger partial charge on any atom is -0.340 e. The lowest BCUT2D eigenvalue weighted by Gasteiger charge is -2.36.